The molecule has 0 fully saturated rings. The first kappa shape index (κ1) is 24.1. The molecule has 0 radical (unpaired) electrons. The van der Waals surface area contributed by atoms with Gasteiger partial charge in [-0.3, -0.25) is 4.79 Å². The minimum absolute atomic E-state index is 0.0591. The molecule has 2 heterocycles. The first-order chi connectivity index (χ1) is 15.9. The fourth-order valence-electron chi connectivity index (χ4n) is 3.55. The zero-order valence-corrected chi connectivity index (χ0v) is 20.0. The molecule has 176 valence electrons. The minimum Gasteiger partial charge on any atom is -0.494 e. The number of aromatic nitrogens is 2. The predicted molar refractivity (Wildman–Crippen MR) is 131 cm³/mol. The van der Waals surface area contributed by atoms with Crippen LogP contribution >= 0.6 is 0 Å². The van der Waals surface area contributed by atoms with Gasteiger partial charge in [-0.15, -0.1) is 0 Å². The highest BCUT2D eigenvalue weighted by molar-refractivity contribution is 5.76. The molecule has 0 aliphatic carbocycles. The molecule has 0 bridgehead atoms. The first-order valence-electron chi connectivity index (χ1n) is 11.2. The van der Waals surface area contributed by atoms with Crippen molar-refractivity contribution in [2.75, 3.05) is 24.3 Å². The number of pyridine rings is 1. The van der Waals surface area contributed by atoms with Crippen molar-refractivity contribution in [3.05, 3.63) is 53.5 Å². The molecular weight excluding hydrogens is 418 g/mol. The number of hydrogen-bond donors (Lipinski definition) is 3. The maximum absolute atomic E-state index is 11.7. The van der Waals surface area contributed by atoms with E-state index in [2.05, 4.69) is 32.2 Å². The van der Waals surface area contributed by atoms with Gasteiger partial charge in [-0.05, 0) is 57.9 Å². The average molecular weight is 452 g/mol. The summed E-state index contributed by atoms with van der Waals surface area (Å²) in [5.41, 5.74) is 4.78. The summed E-state index contributed by atoms with van der Waals surface area (Å²) in [6, 6.07) is 10.2. The molecule has 0 atom stereocenters. The van der Waals surface area contributed by atoms with E-state index in [1.807, 2.05) is 65.2 Å². The molecule has 0 spiro atoms. The van der Waals surface area contributed by atoms with Crippen LogP contribution in [0.5, 0.6) is 5.75 Å². The maximum Gasteiger partial charge on any atom is 0.220 e. The van der Waals surface area contributed by atoms with Gasteiger partial charge in [0, 0.05) is 43.4 Å². The fourth-order valence-corrected chi connectivity index (χ4v) is 3.55. The van der Waals surface area contributed by atoms with Crippen molar-refractivity contribution in [1.82, 2.24) is 15.5 Å². The van der Waals surface area contributed by atoms with Crippen LogP contribution in [0.25, 0.3) is 11.1 Å². The number of aryl methyl sites for hydroxylation is 2. The van der Waals surface area contributed by atoms with E-state index in [1.54, 1.807) is 0 Å². The zero-order valence-electron chi connectivity index (χ0n) is 20.0. The second-order valence-corrected chi connectivity index (χ2v) is 8.24. The molecule has 0 saturated heterocycles. The van der Waals surface area contributed by atoms with Crippen molar-refractivity contribution in [1.29, 1.82) is 0 Å². The van der Waals surface area contributed by atoms with Gasteiger partial charge in [-0.2, -0.15) is 0 Å². The van der Waals surface area contributed by atoms with Crippen molar-refractivity contribution in [3.8, 4) is 16.9 Å². The number of benzene rings is 1. The molecule has 1 aromatic carbocycles. The van der Waals surface area contributed by atoms with Gasteiger partial charge in [0.05, 0.1) is 18.0 Å². The Bertz CT molecular complexity index is 1040. The van der Waals surface area contributed by atoms with E-state index in [4.69, 9.17) is 9.26 Å². The molecule has 8 heteroatoms. The number of nitrogens with zero attached hydrogens (tertiary/aromatic N) is 2. The van der Waals surface area contributed by atoms with Crippen LogP contribution in [0.4, 0.5) is 11.5 Å². The van der Waals surface area contributed by atoms with E-state index in [0.29, 0.717) is 26.0 Å². The fraction of sp³-hybridized carbons (Fsp3) is 0.400. The SMILES string of the molecule is CNc1ncc(-c2c(C)noc2C)cc1NCc1ccc(OCCCC(=O)NC(C)C)cc1. The lowest BCUT2D eigenvalue weighted by molar-refractivity contribution is -0.121. The van der Waals surface area contributed by atoms with Gasteiger partial charge in [0.2, 0.25) is 5.91 Å². The Labute approximate surface area is 195 Å². The normalized spacial score (nSPS) is 10.8. The predicted octanol–water partition coefficient (Wildman–Crippen LogP) is 4.69. The largest absolute Gasteiger partial charge is 0.494 e. The summed E-state index contributed by atoms with van der Waals surface area (Å²) in [5.74, 6) is 2.39. The average Bonchev–Trinajstić information content (AvgIpc) is 3.13. The van der Waals surface area contributed by atoms with Gasteiger partial charge in [0.1, 0.15) is 17.3 Å². The van der Waals surface area contributed by atoms with Crippen LogP contribution < -0.4 is 20.7 Å². The lowest BCUT2D eigenvalue weighted by Gasteiger charge is -2.13. The lowest BCUT2D eigenvalue weighted by Crippen LogP contribution is -2.30. The monoisotopic (exact) mass is 451 g/mol. The lowest BCUT2D eigenvalue weighted by atomic mass is 10.1. The van der Waals surface area contributed by atoms with E-state index < -0.39 is 0 Å². The summed E-state index contributed by atoms with van der Waals surface area (Å²) < 4.78 is 11.1. The molecular formula is C25H33N5O3. The Hall–Kier alpha value is -3.55. The van der Waals surface area contributed by atoms with Gasteiger partial charge >= 0.3 is 0 Å². The molecule has 2 aromatic heterocycles. The Morgan fingerprint density at radius 1 is 1.18 bits per heavy atom. The number of rotatable bonds is 11. The maximum atomic E-state index is 11.7. The van der Waals surface area contributed by atoms with Crippen LogP contribution in [0, 0.1) is 13.8 Å². The summed E-state index contributed by atoms with van der Waals surface area (Å²) in [4.78, 5) is 16.2. The van der Waals surface area contributed by atoms with Crippen LogP contribution in [-0.4, -0.2) is 35.7 Å². The molecule has 1 amide bonds. The van der Waals surface area contributed by atoms with Gasteiger partial charge in [0.15, 0.2) is 0 Å². The molecule has 3 aromatic rings. The first-order valence-corrected chi connectivity index (χ1v) is 11.2. The third-order valence-electron chi connectivity index (χ3n) is 5.12. The number of carbonyl (C=O) groups excluding carboxylic acids is 1. The van der Waals surface area contributed by atoms with E-state index in [1.165, 1.54) is 0 Å². The second kappa shape index (κ2) is 11.4. The molecule has 8 nitrogen and oxygen atoms in total. The van der Waals surface area contributed by atoms with Crippen molar-refractivity contribution in [2.24, 2.45) is 0 Å². The highest BCUT2D eigenvalue weighted by Gasteiger charge is 2.14. The van der Waals surface area contributed by atoms with E-state index in [9.17, 15) is 4.79 Å². The van der Waals surface area contributed by atoms with Gasteiger partial charge < -0.3 is 25.2 Å². The minimum atomic E-state index is 0.0591. The van der Waals surface area contributed by atoms with E-state index in [-0.39, 0.29) is 11.9 Å². The number of nitrogens with one attached hydrogen (secondary N) is 3. The smallest absolute Gasteiger partial charge is 0.220 e. The topological polar surface area (TPSA) is 101 Å². The summed E-state index contributed by atoms with van der Waals surface area (Å²) in [5, 5.41) is 13.5. The highest BCUT2D eigenvalue weighted by Crippen LogP contribution is 2.31. The highest BCUT2D eigenvalue weighted by atomic mass is 16.5. The third-order valence-corrected chi connectivity index (χ3v) is 5.12. The van der Waals surface area contributed by atoms with Gasteiger partial charge in [0.25, 0.3) is 0 Å². The van der Waals surface area contributed by atoms with Gasteiger partial charge in [-0.1, -0.05) is 17.3 Å². The quantitative estimate of drug-likeness (QED) is 0.364. The summed E-state index contributed by atoms with van der Waals surface area (Å²) in [6.07, 6.45) is 2.97. The Morgan fingerprint density at radius 3 is 2.58 bits per heavy atom. The number of carbonyl (C=O) groups is 1. The van der Waals surface area contributed by atoms with E-state index >= 15 is 0 Å². The number of hydrogen-bond acceptors (Lipinski definition) is 7. The number of ether oxygens (including phenoxy) is 1. The number of amides is 1. The van der Waals surface area contributed by atoms with Crippen molar-refractivity contribution >= 4 is 17.4 Å². The molecule has 3 rings (SSSR count). The molecule has 33 heavy (non-hydrogen) atoms. The summed E-state index contributed by atoms with van der Waals surface area (Å²) >= 11 is 0. The summed E-state index contributed by atoms with van der Waals surface area (Å²) in [6.45, 7) is 8.88. The third kappa shape index (κ3) is 6.71. The van der Waals surface area contributed by atoms with Crippen molar-refractivity contribution in [3.63, 3.8) is 0 Å². The van der Waals surface area contributed by atoms with Crippen LogP contribution in [0.2, 0.25) is 0 Å². The van der Waals surface area contributed by atoms with Crippen LogP contribution in [0.15, 0.2) is 41.1 Å². The van der Waals surface area contributed by atoms with Crippen LogP contribution in [-0.2, 0) is 11.3 Å². The molecule has 3 N–H and O–H groups in total. The summed E-state index contributed by atoms with van der Waals surface area (Å²) in [7, 11) is 1.85. The van der Waals surface area contributed by atoms with Crippen LogP contribution in [0.3, 0.4) is 0 Å². The Balaban J connectivity index is 1.55. The zero-order chi connectivity index (χ0) is 23.8. The second-order valence-electron chi connectivity index (χ2n) is 8.24. The number of anilines is 2. The molecule has 0 aliphatic rings. The van der Waals surface area contributed by atoms with Crippen molar-refractivity contribution < 1.29 is 14.1 Å². The molecule has 0 unspecified atom stereocenters. The molecule has 0 aliphatic heterocycles. The molecule has 0 saturated carbocycles. The van der Waals surface area contributed by atoms with Crippen LogP contribution in [0.1, 0.15) is 43.7 Å². The van der Waals surface area contributed by atoms with Crippen molar-refractivity contribution in [2.45, 2.75) is 53.1 Å². The van der Waals surface area contributed by atoms with Gasteiger partial charge in [-0.25, -0.2) is 4.98 Å². The Morgan fingerprint density at radius 2 is 1.94 bits per heavy atom. The standard InChI is InChI=1S/C25H33N5O3/c1-16(2)29-23(31)7-6-12-32-21-10-8-19(9-11-21)14-27-22-13-20(15-28-25(22)26-5)24-17(3)30-33-18(24)4/h8-11,13,15-16,27H,6-7,12,14H2,1-5H3,(H,26,28)(H,29,31). The van der Waals surface area contributed by atoms with E-state index in [0.717, 1.165) is 45.4 Å². The Kier molecular flexibility index (Phi) is 8.29.